The van der Waals surface area contributed by atoms with E-state index in [4.69, 9.17) is 0 Å². The molecule has 1 aliphatic heterocycles. The Morgan fingerprint density at radius 1 is 1.06 bits per heavy atom. The Hall–Kier alpha value is -4.31. The highest BCUT2D eigenvalue weighted by atomic mass is 32.2. The molecule has 2 heterocycles. The normalized spacial score (nSPS) is 15.9. The Morgan fingerprint density at radius 2 is 1.91 bits per heavy atom. The fraction of sp³-hybridized carbons (Fsp3) is 0.0833. The summed E-state index contributed by atoms with van der Waals surface area (Å²) in [5.74, 6) is 0.134. The number of azo groups is 1. The van der Waals surface area contributed by atoms with Crippen molar-refractivity contribution in [1.82, 2.24) is 4.98 Å². The van der Waals surface area contributed by atoms with Gasteiger partial charge < -0.3 is 5.11 Å². The number of phenolic OH excluding ortho intramolecular Hbond substituents is 1. The summed E-state index contributed by atoms with van der Waals surface area (Å²) in [6.07, 6.45) is 1.59. The van der Waals surface area contributed by atoms with Gasteiger partial charge in [0.25, 0.3) is 5.69 Å². The highest BCUT2D eigenvalue weighted by Gasteiger charge is 2.37. The first-order chi connectivity index (χ1) is 16.5. The molecular weight excluding hydrogens is 454 g/mol. The van der Waals surface area contributed by atoms with Gasteiger partial charge in [0.1, 0.15) is 16.6 Å². The number of pyridine rings is 1. The Kier molecular flexibility index (Phi) is 5.64. The molecule has 1 saturated heterocycles. The molecule has 1 aromatic heterocycles. The molecule has 1 amide bonds. The summed E-state index contributed by atoms with van der Waals surface area (Å²) in [7, 11) is 0. The molecular formula is C24H17N5O4S. The number of benzene rings is 3. The molecule has 0 radical (unpaired) electrons. The van der Waals surface area contributed by atoms with Gasteiger partial charge >= 0.3 is 0 Å². The maximum atomic E-state index is 12.8. The summed E-state index contributed by atoms with van der Waals surface area (Å²) in [5.41, 5.74) is 2.50. The minimum absolute atomic E-state index is 0.0247. The van der Waals surface area contributed by atoms with Crippen LogP contribution in [0.25, 0.3) is 10.9 Å². The zero-order valence-electron chi connectivity index (χ0n) is 17.6. The van der Waals surface area contributed by atoms with E-state index >= 15 is 0 Å². The monoisotopic (exact) mass is 471 g/mol. The quantitative estimate of drug-likeness (QED) is 0.215. The Morgan fingerprint density at radius 3 is 2.76 bits per heavy atom. The molecule has 1 unspecified atom stereocenters. The van der Waals surface area contributed by atoms with Gasteiger partial charge in [0.2, 0.25) is 5.91 Å². The van der Waals surface area contributed by atoms with Crippen molar-refractivity contribution >= 4 is 51.3 Å². The number of carbonyl (C=O) groups is 1. The number of para-hydroxylation sites is 1. The van der Waals surface area contributed by atoms with Crippen LogP contribution >= 0.6 is 11.8 Å². The zero-order chi connectivity index (χ0) is 23.7. The minimum Gasteiger partial charge on any atom is -0.506 e. The smallest absolute Gasteiger partial charge is 0.275 e. The number of rotatable bonds is 5. The third kappa shape index (κ3) is 3.95. The van der Waals surface area contributed by atoms with Gasteiger partial charge in [-0.1, -0.05) is 18.2 Å². The lowest BCUT2D eigenvalue weighted by Crippen LogP contribution is -2.28. The van der Waals surface area contributed by atoms with E-state index in [2.05, 4.69) is 15.2 Å². The highest BCUT2D eigenvalue weighted by Crippen LogP contribution is 2.45. The third-order valence-electron chi connectivity index (χ3n) is 5.37. The van der Waals surface area contributed by atoms with E-state index < -0.39 is 10.3 Å². The molecule has 168 valence electrons. The van der Waals surface area contributed by atoms with Crippen molar-refractivity contribution in [1.29, 1.82) is 0 Å². The SMILES string of the molecule is O=C1CSC(c2ccccc2[N+](=O)[O-])N1c1cccc(N=Nc2ccc(O)c3ncccc23)c1. The maximum Gasteiger partial charge on any atom is 0.275 e. The fourth-order valence-corrected chi connectivity index (χ4v) is 5.05. The van der Waals surface area contributed by atoms with E-state index in [0.29, 0.717) is 33.5 Å². The molecule has 5 rings (SSSR count). The number of aromatic nitrogens is 1. The topological polar surface area (TPSA) is 121 Å². The van der Waals surface area contributed by atoms with Crippen LogP contribution in [0.5, 0.6) is 5.75 Å². The summed E-state index contributed by atoms with van der Waals surface area (Å²) >= 11 is 1.34. The van der Waals surface area contributed by atoms with Gasteiger partial charge in [0, 0.05) is 23.3 Å². The van der Waals surface area contributed by atoms with E-state index in [9.17, 15) is 20.0 Å². The molecule has 1 N–H and O–H groups in total. The molecule has 0 bridgehead atoms. The van der Waals surface area contributed by atoms with Crippen molar-refractivity contribution in [2.75, 3.05) is 10.7 Å². The molecule has 1 aliphatic rings. The number of phenols is 1. The second kappa shape index (κ2) is 8.91. The van der Waals surface area contributed by atoms with Crippen molar-refractivity contribution in [3.63, 3.8) is 0 Å². The van der Waals surface area contributed by atoms with Gasteiger partial charge in [-0.05, 0) is 48.5 Å². The van der Waals surface area contributed by atoms with E-state index in [-0.39, 0.29) is 23.1 Å². The Bertz CT molecular complexity index is 1460. The van der Waals surface area contributed by atoms with Crippen molar-refractivity contribution < 1.29 is 14.8 Å². The largest absolute Gasteiger partial charge is 0.506 e. The van der Waals surface area contributed by atoms with Gasteiger partial charge in [0.05, 0.1) is 27.6 Å². The number of nitro benzene ring substituents is 1. The number of fused-ring (bicyclic) bond motifs is 1. The van der Waals surface area contributed by atoms with Gasteiger partial charge in [-0.3, -0.25) is 24.8 Å². The van der Waals surface area contributed by atoms with Crippen LogP contribution < -0.4 is 4.90 Å². The van der Waals surface area contributed by atoms with Crippen molar-refractivity contribution in [2.24, 2.45) is 10.2 Å². The number of amides is 1. The zero-order valence-corrected chi connectivity index (χ0v) is 18.4. The molecule has 0 aliphatic carbocycles. The van der Waals surface area contributed by atoms with Gasteiger partial charge in [-0.25, -0.2) is 0 Å². The van der Waals surface area contributed by atoms with Crippen LogP contribution in [-0.4, -0.2) is 26.7 Å². The Labute approximate surface area is 197 Å². The lowest BCUT2D eigenvalue weighted by molar-refractivity contribution is -0.385. The predicted octanol–water partition coefficient (Wildman–Crippen LogP) is 6.04. The van der Waals surface area contributed by atoms with Gasteiger partial charge in [0.15, 0.2) is 0 Å². The van der Waals surface area contributed by atoms with E-state index in [1.807, 2.05) is 0 Å². The summed E-state index contributed by atoms with van der Waals surface area (Å²) in [4.78, 5) is 29.6. The second-order valence-corrected chi connectivity index (χ2v) is 8.53. The summed E-state index contributed by atoms with van der Waals surface area (Å²) < 4.78 is 0. The van der Waals surface area contributed by atoms with Crippen molar-refractivity contribution in [3.8, 4) is 5.75 Å². The average Bonchev–Trinajstić information content (AvgIpc) is 3.25. The van der Waals surface area contributed by atoms with Gasteiger partial charge in [-0.2, -0.15) is 5.11 Å². The summed E-state index contributed by atoms with van der Waals surface area (Å²) in [5, 5.41) is 30.3. The number of hydrogen-bond acceptors (Lipinski definition) is 8. The molecule has 10 heteroatoms. The van der Waals surface area contributed by atoms with Gasteiger partial charge in [-0.15, -0.1) is 16.9 Å². The van der Waals surface area contributed by atoms with Crippen molar-refractivity contribution in [2.45, 2.75) is 5.37 Å². The number of nitro groups is 1. The third-order valence-corrected chi connectivity index (χ3v) is 6.57. The summed E-state index contributed by atoms with van der Waals surface area (Å²) in [6.45, 7) is 0. The van der Waals surface area contributed by atoms with Crippen LogP contribution in [0, 0.1) is 10.1 Å². The number of aromatic hydroxyl groups is 1. The number of nitrogens with zero attached hydrogens (tertiary/aromatic N) is 5. The molecule has 9 nitrogen and oxygen atoms in total. The van der Waals surface area contributed by atoms with Crippen LogP contribution in [0.1, 0.15) is 10.9 Å². The first-order valence-corrected chi connectivity index (χ1v) is 11.3. The molecule has 0 saturated carbocycles. The molecule has 4 aromatic rings. The number of hydrogen-bond donors (Lipinski definition) is 1. The molecule has 1 atom stereocenters. The highest BCUT2D eigenvalue weighted by molar-refractivity contribution is 8.00. The van der Waals surface area contributed by atoms with E-state index in [1.165, 1.54) is 23.9 Å². The molecule has 1 fully saturated rings. The predicted molar refractivity (Wildman–Crippen MR) is 130 cm³/mol. The summed E-state index contributed by atoms with van der Waals surface area (Å²) in [6, 6.07) is 20.2. The minimum atomic E-state index is -0.520. The lowest BCUT2D eigenvalue weighted by atomic mass is 10.1. The first-order valence-electron chi connectivity index (χ1n) is 10.3. The van der Waals surface area contributed by atoms with Crippen LogP contribution in [0.15, 0.2) is 89.2 Å². The van der Waals surface area contributed by atoms with E-state index in [1.54, 1.807) is 71.8 Å². The fourth-order valence-electron chi connectivity index (χ4n) is 3.84. The number of carbonyl (C=O) groups excluding carboxylic acids is 1. The standard InChI is InChI=1S/C24H17N5O4S/c30-21-11-10-19(17-8-4-12-25-23(17)21)27-26-15-5-3-6-16(13-15)28-22(31)14-34-24(28)18-7-1-2-9-20(18)29(32)33/h1-13,24,30H,14H2. The first kappa shape index (κ1) is 21.5. The molecule has 3 aromatic carbocycles. The van der Waals surface area contributed by atoms with E-state index in [0.717, 1.165) is 0 Å². The molecule has 34 heavy (non-hydrogen) atoms. The average molecular weight is 471 g/mol. The Balaban J connectivity index is 1.49. The second-order valence-electron chi connectivity index (χ2n) is 7.47. The van der Waals surface area contributed by atoms with Crippen LogP contribution in [0.4, 0.5) is 22.7 Å². The van der Waals surface area contributed by atoms with Crippen LogP contribution in [-0.2, 0) is 4.79 Å². The van der Waals surface area contributed by atoms with Crippen LogP contribution in [0.2, 0.25) is 0 Å². The van der Waals surface area contributed by atoms with Crippen molar-refractivity contribution in [3.05, 3.63) is 94.7 Å². The number of thioether (sulfide) groups is 1. The lowest BCUT2D eigenvalue weighted by Gasteiger charge is -2.24. The van der Waals surface area contributed by atoms with Crippen LogP contribution in [0.3, 0.4) is 0 Å². The maximum absolute atomic E-state index is 12.8. The number of anilines is 1. The molecule has 0 spiro atoms.